The highest BCUT2D eigenvalue weighted by Crippen LogP contribution is 2.42. The van der Waals surface area contributed by atoms with E-state index in [0.29, 0.717) is 39.3 Å². The van der Waals surface area contributed by atoms with Crippen LogP contribution in [-0.4, -0.2) is 61.2 Å². The zero-order valence-electron chi connectivity index (χ0n) is 22.6. The maximum Gasteiger partial charge on any atom is 0.338 e. The van der Waals surface area contributed by atoms with Crippen molar-refractivity contribution in [1.82, 2.24) is 5.06 Å². The van der Waals surface area contributed by atoms with Crippen molar-refractivity contribution < 1.29 is 33.9 Å². The molecule has 3 aromatic rings. The van der Waals surface area contributed by atoms with Gasteiger partial charge in [-0.15, -0.1) is 0 Å². The second-order valence-corrected chi connectivity index (χ2v) is 9.01. The number of aryl methyl sites for hydroxylation is 1. The van der Waals surface area contributed by atoms with E-state index >= 15 is 0 Å². The van der Waals surface area contributed by atoms with Crippen molar-refractivity contribution in [3.63, 3.8) is 0 Å². The third-order valence-electron chi connectivity index (χ3n) is 6.37. The molecule has 0 radical (unpaired) electrons. The number of benzene rings is 3. The van der Waals surface area contributed by atoms with Crippen LogP contribution in [-0.2, 0) is 19.2 Å². The number of carbonyl (C=O) groups is 4. The van der Waals surface area contributed by atoms with Crippen LogP contribution in [0.3, 0.4) is 0 Å². The van der Waals surface area contributed by atoms with Crippen molar-refractivity contribution in [2.24, 2.45) is 0 Å². The SMILES string of the molecule is COC(=O)c1cc2c(cc1C)/C(=C(/Nc1ccc(C(=O)N(C)OCCO)cc1)c1ccccc1)C(=O)N2C(C)=O. The van der Waals surface area contributed by atoms with Crippen LogP contribution >= 0.6 is 0 Å². The molecule has 10 heteroatoms. The molecular formula is C30H29N3O7. The second kappa shape index (κ2) is 11.9. The smallest absolute Gasteiger partial charge is 0.338 e. The van der Waals surface area contributed by atoms with Gasteiger partial charge in [-0.05, 0) is 54.4 Å². The minimum absolute atomic E-state index is 0.0106. The Labute approximate surface area is 231 Å². The number of imide groups is 1. The van der Waals surface area contributed by atoms with Gasteiger partial charge in [-0.2, -0.15) is 0 Å². The third kappa shape index (κ3) is 5.49. The number of hydroxylamine groups is 2. The van der Waals surface area contributed by atoms with E-state index in [4.69, 9.17) is 14.7 Å². The molecule has 0 fully saturated rings. The van der Waals surface area contributed by atoms with Gasteiger partial charge in [-0.25, -0.2) is 14.8 Å². The van der Waals surface area contributed by atoms with Gasteiger partial charge >= 0.3 is 5.97 Å². The summed E-state index contributed by atoms with van der Waals surface area (Å²) in [6.45, 7) is 2.79. The molecule has 10 nitrogen and oxygen atoms in total. The fraction of sp³-hybridized carbons (Fsp3) is 0.200. The molecule has 0 saturated heterocycles. The monoisotopic (exact) mass is 543 g/mol. The number of hydrogen-bond donors (Lipinski definition) is 2. The van der Waals surface area contributed by atoms with Crippen molar-refractivity contribution >= 4 is 46.3 Å². The molecule has 206 valence electrons. The lowest BCUT2D eigenvalue weighted by atomic mass is 9.96. The number of anilines is 2. The number of nitrogens with one attached hydrogen (secondary N) is 1. The van der Waals surface area contributed by atoms with Crippen molar-refractivity contribution in [2.45, 2.75) is 13.8 Å². The molecule has 40 heavy (non-hydrogen) atoms. The van der Waals surface area contributed by atoms with E-state index < -0.39 is 23.7 Å². The van der Waals surface area contributed by atoms with Crippen LogP contribution < -0.4 is 10.2 Å². The zero-order chi connectivity index (χ0) is 29.0. The normalized spacial score (nSPS) is 13.5. The molecular weight excluding hydrogens is 514 g/mol. The number of fused-ring (bicyclic) bond motifs is 1. The summed E-state index contributed by atoms with van der Waals surface area (Å²) >= 11 is 0. The first-order valence-electron chi connectivity index (χ1n) is 12.4. The summed E-state index contributed by atoms with van der Waals surface area (Å²) in [5, 5.41) is 13.3. The molecule has 1 aliphatic rings. The molecule has 1 aliphatic heterocycles. The number of hydrogen-bond acceptors (Lipinski definition) is 8. The Morgan fingerprint density at radius 1 is 1.00 bits per heavy atom. The lowest BCUT2D eigenvalue weighted by Crippen LogP contribution is -2.31. The van der Waals surface area contributed by atoms with E-state index in [1.165, 1.54) is 27.1 Å². The number of aliphatic hydroxyl groups is 1. The van der Waals surface area contributed by atoms with Crippen molar-refractivity contribution in [3.8, 4) is 0 Å². The van der Waals surface area contributed by atoms with Crippen molar-refractivity contribution in [3.05, 3.63) is 94.5 Å². The van der Waals surface area contributed by atoms with E-state index in [0.717, 1.165) is 9.96 Å². The van der Waals surface area contributed by atoms with Crippen molar-refractivity contribution in [1.29, 1.82) is 0 Å². The van der Waals surface area contributed by atoms with Crippen molar-refractivity contribution in [2.75, 3.05) is 37.6 Å². The number of rotatable bonds is 8. The molecule has 2 N–H and O–H groups in total. The lowest BCUT2D eigenvalue weighted by molar-refractivity contribution is -0.122. The Bertz CT molecular complexity index is 1500. The Hall–Kier alpha value is -4.80. The van der Waals surface area contributed by atoms with Gasteiger partial charge in [-0.1, -0.05) is 30.3 Å². The fourth-order valence-corrected chi connectivity index (χ4v) is 4.44. The molecule has 4 rings (SSSR count). The van der Waals surface area contributed by atoms with Crippen LogP contribution in [0.2, 0.25) is 0 Å². The fourth-order valence-electron chi connectivity index (χ4n) is 4.44. The molecule has 3 aromatic carbocycles. The quantitative estimate of drug-likeness (QED) is 0.251. The van der Waals surface area contributed by atoms with Crippen LogP contribution in [0.4, 0.5) is 11.4 Å². The van der Waals surface area contributed by atoms with E-state index in [2.05, 4.69) is 5.32 Å². The summed E-state index contributed by atoms with van der Waals surface area (Å²) < 4.78 is 4.88. The predicted molar refractivity (Wildman–Crippen MR) is 149 cm³/mol. The number of amides is 3. The Morgan fingerprint density at radius 3 is 2.27 bits per heavy atom. The average Bonchev–Trinajstić information content (AvgIpc) is 3.24. The summed E-state index contributed by atoms with van der Waals surface area (Å²) in [7, 11) is 2.73. The van der Waals surface area contributed by atoms with Gasteiger partial charge < -0.3 is 15.2 Å². The highest BCUT2D eigenvalue weighted by atomic mass is 16.7. The van der Waals surface area contributed by atoms with Gasteiger partial charge in [0, 0.05) is 30.8 Å². The highest BCUT2D eigenvalue weighted by Gasteiger charge is 2.38. The molecule has 0 spiro atoms. The van der Waals surface area contributed by atoms with Crippen LogP contribution in [0.5, 0.6) is 0 Å². The molecule has 3 amide bonds. The number of esters is 1. The molecule has 0 unspecified atom stereocenters. The first-order valence-corrected chi connectivity index (χ1v) is 12.4. The standard InChI is InChI=1S/C30H29N3O7/c1-18-16-24-25(17-23(18)30(38)39-4)33(19(2)35)29(37)26(24)27(20-8-6-5-7-9-20)31-22-12-10-21(11-13-22)28(36)32(3)40-15-14-34/h5-13,16-17,31,34H,14-15H2,1-4H3/b27-26-. The number of methoxy groups -OCH3 is 1. The summed E-state index contributed by atoms with van der Waals surface area (Å²) in [5.74, 6) is -2.00. The summed E-state index contributed by atoms with van der Waals surface area (Å²) in [5.41, 5.74) is 3.96. The van der Waals surface area contributed by atoms with E-state index in [1.807, 2.05) is 30.3 Å². The van der Waals surface area contributed by atoms with Gasteiger partial charge in [-0.3, -0.25) is 19.2 Å². The van der Waals surface area contributed by atoms with Crippen LogP contribution in [0, 0.1) is 6.92 Å². The van der Waals surface area contributed by atoms with Gasteiger partial charge in [0.1, 0.15) is 0 Å². The number of carbonyl (C=O) groups excluding carboxylic acids is 4. The maximum atomic E-state index is 13.8. The van der Waals surface area contributed by atoms with Gasteiger partial charge in [0.25, 0.3) is 11.8 Å². The average molecular weight is 544 g/mol. The van der Waals surface area contributed by atoms with E-state index in [1.54, 1.807) is 37.3 Å². The Morgan fingerprint density at radius 2 is 1.68 bits per heavy atom. The topological polar surface area (TPSA) is 125 Å². The number of ether oxygens (including phenoxy) is 1. The van der Waals surface area contributed by atoms with Gasteiger partial charge in [0.2, 0.25) is 5.91 Å². The summed E-state index contributed by atoms with van der Waals surface area (Å²) in [4.78, 5) is 57.6. The highest BCUT2D eigenvalue weighted by molar-refractivity contribution is 6.44. The molecule has 0 atom stereocenters. The van der Waals surface area contributed by atoms with Crippen LogP contribution in [0.1, 0.15) is 44.3 Å². The zero-order valence-corrected chi connectivity index (χ0v) is 22.6. The maximum absolute atomic E-state index is 13.8. The van der Waals surface area contributed by atoms with Crippen LogP contribution in [0.15, 0.2) is 66.7 Å². The predicted octanol–water partition coefficient (Wildman–Crippen LogP) is 3.65. The summed E-state index contributed by atoms with van der Waals surface area (Å²) in [6.07, 6.45) is 0. The minimum Gasteiger partial charge on any atom is -0.465 e. The minimum atomic E-state index is -0.572. The van der Waals surface area contributed by atoms with Crippen LogP contribution in [0.25, 0.3) is 11.3 Å². The summed E-state index contributed by atoms with van der Waals surface area (Å²) in [6, 6.07) is 19.0. The first-order chi connectivity index (χ1) is 19.2. The van der Waals surface area contributed by atoms with Gasteiger partial charge in [0.05, 0.1) is 42.8 Å². The largest absolute Gasteiger partial charge is 0.465 e. The Balaban J connectivity index is 1.83. The molecule has 0 saturated carbocycles. The van der Waals surface area contributed by atoms with E-state index in [9.17, 15) is 19.2 Å². The third-order valence-corrected chi connectivity index (χ3v) is 6.37. The first kappa shape index (κ1) is 28.2. The lowest BCUT2D eigenvalue weighted by Gasteiger charge is -2.17. The number of aliphatic hydroxyl groups excluding tert-OH is 1. The molecule has 1 heterocycles. The molecule has 0 aliphatic carbocycles. The second-order valence-electron chi connectivity index (χ2n) is 9.01. The van der Waals surface area contributed by atoms with E-state index in [-0.39, 0.29) is 24.4 Å². The molecule has 0 bridgehead atoms. The number of nitrogens with zero attached hydrogens (tertiary/aromatic N) is 2. The van der Waals surface area contributed by atoms with Gasteiger partial charge in [0.15, 0.2) is 0 Å². The molecule has 0 aromatic heterocycles. The Kier molecular flexibility index (Phi) is 8.42.